The lowest BCUT2D eigenvalue weighted by Crippen LogP contribution is -2.23. The minimum absolute atomic E-state index is 0.266. The first kappa shape index (κ1) is 17.5. The van der Waals surface area contributed by atoms with Crippen LogP contribution in [0, 0.1) is 5.82 Å². The summed E-state index contributed by atoms with van der Waals surface area (Å²) in [6, 6.07) is 9.12. The van der Waals surface area contributed by atoms with Crippen molar-refractivity contribution in [3.05, 3.63) is 76.0 Å². The van der Waals surface area contributed by atoms with E-state index in [4.69, 9.17) is 0 Å². The SMILES string of the molecule is O=c1cc(NCC2(c3cc(F)cc(C(F)(F)F)c3)CC2)nc2ccccn12. The molecule has 8 heteroatoms. The molecule has 27 heavy (non-hydrogen) atoms. The van der Waals surface area contributed by atoms with Crippen LogP contribution < -0.4 is 10.9 Å². The van der Waals surface area contributed by atoms with Gasteiger partial charge in [0.1, 0.15) is 17.3 Å². The molecule has 1 N–H and O–H groups in total. The summed E-state index contributed by atoms with van der Waals surface area (Å²) < 4.78 is 54.0. The van der Waals surface area contributed by atoms with E-state index < -0.39 is 23.0 Å². The lowest BCUT2D eigenvalue weighted by Gasteiger charge is -2.19. The standard InChI is InChI=1S/C19H15F4N3O/c20-14-8-12(7-13(9-14)19(21,22)23)18(4-5-18)11-24-15-10-17(27)26-6-2-1-3-16(26)25-15/h1-3,6-10,24H,4-5,11H2. The normalized spacial score (nSPS) is 15.7. The molecule has 1 aromatic carbocycles. The van der Waals surface area contributed by atoms with Gasteiger partial charge in [0.15, 0.2) is 0 Å². The average molecular weight is 377 g/mol. The summed E-state index contributed by atoms with van der Waals surface area (Å²) in [5, 5.41) is 3.03. The number of pyridine rings is 1. The maximum Gasteiger partial charge on any atom is 0.416 e. The number of halogens is 4. The molecule has 0 radical (unpaired) electrons. The van der Waals surface area contributed by atoms with Gasteiger partial charge in [-0.1, -0.05) is 6.07 Å². The third-order valence-electron chi connectivity index (χ3n) is 4.87. The molecule has 1 saturated carbocycles. The van der Waals surface area contributed by atoms with Crippen LogP contribution in [-0.2, 0) is 11.6 Å². The minimum atomic E-state index is -4.60. The Morgan fingerprint density at radius 3 is 2.63 bits per heavy atom. The Labute approximate surface area is 151 Å². The largest absolute Gasteiger partial charge is 0.416 e. The Morgan fingerprint density at radius 2 is 1.93 bits per heavy atom. The quantitative estimate of drug-likeness (QED) is 0.700. The highest BCUT2D eigenvalue weighted by Crippen LogP contribution is 2.49. The van der Waals surface area contributed by atoms with Crippen molar-refractivity contribution >= 4 is 11.5 Å². The van der Waals surface area contributed by atoms with Crippen LogP contribution in [0.1, 0.15) is 24.0 Å². The second-order valence-electron chi connectivity index (χ2n) is 6.77. The van der Waals surface area contributed by atoms with Crippen molar-refractivity contribution in [1.29, 1.82) is 0 Å². The minimum Gasteiger partial charge on any atom is -0.369 e. The Morgan fingerprint density at radius 1 is 1.15 bits per heavy atom. The van der Waals surface area contributed by atoms with Crippen LogP contribution in [0.3, 0.4) is 0 Å². The van der Waals surface area contributed by atoms with E-state index >= 15 is 0 Å². The molecule has 140 valence electrons. The van der Waals surface area contributed by atoms with E-state index in [1.807, 2.05) is 0 Å². The van der Waals surface area contributed by atoms with E-state index in [1.165, 1.54) is 10.5 Å². The molecule has 3 aromatic rings. The number of hydrogen-bond donors (Lipinski definition) is 1. The lowest BCUT2D eigenvalue weighted by molar-refractivity contribution is -0.137. The third-order valence-corrected chi connectivity index (χ3v) is 4.87. The fourth-order valence-electron chi connectivity index (χ4n) is 3.18. The molecule has 2 heterocycles. The van der Waals surface area contributed by atoms with Crippen LogP contribution in [0.2, 0.25) is 0 Å². The molecule has 0 unspecified atom stereocenters. The van der Waals surface area contributed by atoms with E-state index in [9.17, 15) is 22.4 Å². The molecule has 4 rings (SSSR count). The number of hydrogen-bond acceptors (Lipinski definition) is 3. The van der Waals surface area contributed by atoms with Crippen molar-refractivity contribution in [3.8, 4) is 0 Å². The topological polar surface area (TPSA) is 46.4 Å². The summed E-state index contributed by atoms with van der Waals surface area (Å²) in [6.07, 6.45) is -1.74. The van der Waals surface area contributed by atoms with Gasteiger partial charge in [0.05, 0.1) is 5.56 Å². The Hall–Kier alpha value is -2.90. The molecular formula is C19H15F4N3O. The van der Waals surface area contributed by atoms with Crippen LogP contribution in [-0.4, -0.2) is 15.9 Å². The molecule has 0 spiro atoms. The summed E-state index contributed by atoms with van der Waals surface area (Å²) in [5.74, 6) is -0.571. The van der Waals surface area contributed by atoms with Gasteiger partial charge in [0.25, 0.3) is 5.56 Å². The zero-order valence-corrected chi connectivity index (χ0v) is 14.1. The molecule has 1 aliphatic carbocycles. The Bertz CT molecular complexity index is 1070. The first-order chi connectivity index (χ1) is 12.8. The van der Waals surface area contributed by atoms with E-state index in [0.717, 1.165) is 12.1 Å². The zero-order chi connectivity index (χ0) is 19.2. The first-order valence-corrected chi connectivity index (χ1v) is 8.37. The maximum absolute atomic E-state index is 13.7. The van der Waals surface area contributed by atoms with Crippen molar-refractivity contribution in [3.63, 3.8) is 0 Å². The van der Waals surface area contributed by atoms with Crippen LogP contribution in [0.5, 0.6) is 0 Å². The molecule has 1 aliphatic rings. The number of benzene rings is 1. The summed E-state index contributed by atoms with van der Waals surface area (Å²) >= 11 is 0. The highest BCUT2D eigenvalue weighted by molar-refractivity contribution is 5.47. The number of anilines is 1. The zero-order valence-electron chi connectivity index (χ0n) is 14.1. The van der Waals surface area contributed by atoms with Gasteiger partial charge in [-0.15, -0.1) is 0 Å². The molecule has 0 aliphatic heterocycles. The molecule has 0 atom stereocenters. The van der Waals surface area contributed by atoms with E-state index in [2.05, 4.69) is 10.3 Å². The Balaban J connectivity index is 1.60. The summed E-state index contributed by atoms with van der Waals surface area (Å²) in [6.45, 7) is 0.267. The maximum atomic E-state index is 13.7. The number of fused-ring (bicyclic) bond motifs is 1. The van der Waals surface area contributed by atoms with Gasteiger partial charge < -0.3 is 5.32 Å². The van der Waals surface area contributed by atoms with Gasteiger partial charge in [-0.25, -0.2) is 9.37 Å². The van der Waals surface area contributed by atoms with E-state index in [1.54, 1.807) is 24.4 Å². The third kappa shape index (κ3) is 3.39. The number of nitrogens with zero attached hydrogens (tertiary/aromatic N) is 2. The van der Waals surface area contributed by atoms with Crippen LogP contribution in [0.4, 0.5) is 23.4 Å². The van der Waals surface area contributed by atoms with E-state index in [-0.39, 0.29) is 12.1 Å². The average Bonchev–Trinajstić information content (AvgIpc) is 3.40. The molecule has 0 saturated heterocycles. The predicted molar refractivity (Wildman–Crippen MR) is 92.3 cm³/mol. The number of alkyl halides is 3. The van der Waals surface area contributed by atoms with Gasteiger partial charge >= 0.3 is 6.18 Å². The number of rotatable bonds is 4. The predicted octanol–water partition coefficient (Wildman–Crippen LogP) is 4.00. The molecule has 4 nitrogen and oxygen atoms in total. The fraction of sp³-hybridized carbons (Fsp3) is 0.263. The van der Waals surface area contributed by atoms with Gasteiger partial charge in [0, 0.05) is 24.2 Å². The lowest BCUT2D eigenvalue weighted by atomic mass is 9.94. The number of aromatic nitrogens is 2. The Kier molecular flexibility index (Phi) is 3.94. The van der Waals surface area contributed by atoms with Gasteiger partial charge in [-0.05, 0) is 48.7 Å². The molecule has 0 amide bonds. The van der Waals surface area contributed by atoms with Crippen molar-refractivity contribution in [2.45, 2.75) is 24.4 Å². The van der Waals surface area contributed by atoms with Crippen LogP contribution in [0.15, 0.2) is 53.5 Å². The van der Waals surface area contributed by atoms with Crippen molar-refractivity contribution in [2.24, 2.45) is 0 Å². The van der Waals surface area contributed by atoms with Crippen molar-refractivity contribution < 1.29 is 17.6 Å². The van der Waals surface area contributed by atoms with E-state index in [0.29, 0.717) is 35.9 Å². The van der Waals surface area contributed by atoms with Gasteiger partial charge in [0.2, 0.25) is 0 Å². The second kappa shape index (κ2) is 6.07. The highest BCUT2D eigenvalue weighted by Gasteiger charge is 2.45. The highest BCUT2D eigenvalue weighted by atomic mass is 19.4. The number of nitrogens with one attached hydrogen (secondary N) is 1. The first-order valence-electron chi connectivity index (χ1n) is 8.37. The van der Waals surface area contributed by atoms with Crippen molar-refractivity contribution in [2.75, 3.05) is 11.9 Å². The smallest absolute Gasteiger partial charge is 0.369 e. The summed E-state index contributed by atoms with van der Waals surface area (Å²) in [4.78, 5) is 16.5. The molecule has 1 fully saturated rings. The van der Waals surface area contributed by atoms with Crippen LogP contribution in [0.25, 0.3) is 5.65 Å². The molecular weight excluding hydrogens is 362 g/mol. The molecule has 0 bridgehead atoms. The second-order valence-corrected chi connectivity index (χ2v) is 6.77. The van der Waals surface area contributed by atoms with Crippen molar-refractivity contribution in [1.82, 2.24) is 9.38 Å². The van der Waals surface area contributed by atoms with Gasteiger partial charge in [-0.3, -0.25) is 9.20 Å². The summed E-state index contributed by atoms with van der Waals surface area (Å²) in [7, 11) is 0. The summed E-state index contributed by atoms with van der Waals surface area (Å²) in [5.41, 5.74) is -1.09. The molecule has 2 aromatic heterocycles. The van der Waals surface area contributed by atoms with Crippen LogP contribution >= 0.6 is 0 Å². The van der Waals surface area contributed by atoms with Gasteiger partial charge in [-0.2, -0.15) is 13.2 Å². The fourth-order valence-corrected chi connectivity index (χ4v) is 3.18. The monoisotopic (exact) mass is 377 g/mol.